The number of morpholine rings is 1. The second-order valence-corrected chi connectivity index (χ2v) is 8.14. The lowest BCUT2D eigenvalue weighted by Gasteiger charge is -2.26. The number of hydrogen-bond acceptors (Lipinski definition) is 9. The summed E-state index contributed by atoms with van der Waals surface area (Å²) < 4.78 is 5.41. The molecular weight excluding hydrogens is 412 g/mol. The number of aryl methyl sites for hydroxylation is 1. The molecule has 31 heavy (non-hydrogen) atoms. The van der Waals surface area contributed by atoms with Crippen LogP contribution in [0.15, 0.2) is 30.6 Å². The number of nitriles is 1. The molecule has 0 radical (unpaired) electrons. The van der Waals surface area contributed by atoms with Crippen LogP contribution >= 0.6 is 11.3 Å². The fraction of sp³-hybridized carbons (Fsp3) is 0.318. The predicted octanol–water partition coefficient (Wildman–Crippen LogP) is 2.35. The molecule has 2 aromatic heterocycles. The monoisotopic (exact) mass is 434 g/mol. The van der Waals surface area contributed by atoms with Crippen molar-refractivity contribution in [2.75, 3.05) is 37.7 Å². The highest BCUT2D eigenvalue weighted by molar-refractivity contribution is 7.17. The first kappa shape index (κ1) is 21.1. The van der Waals surface area contributed by atoms with E-state index in [1.165, 1.54) is 11.3 Å². The van der Waals surface area contributed by atoms with Crippen LogP contribution in [0.2, 0.25) is 0 Å². The van der Waals surface area contributed by atoms with E-state index in [9.17, 15) is 10.1 Å². The largest absolute Gasteiger partial charge is 0.378 e. The van der Waals surface area contributed by atoms with E-state index in [4.69, 9.17) is 10.5 Å². The average Bonchev–Trinajstić information content (AvgIpc) is 3.21. The Kier molecular flexibility index (Phi) is 6.32. The molecule has 9 heteroatoms. The molecule has 158 valence electrons. The fourth-order valence-electron chi connectivity index (χ4n) is 3.39. The van der Waals surface area contributed by atoms with Crippen molar-refractivity contribution in [1.82, 2.24) is 15.0 Å². The third-order valence-corrected chi connectivity index (χ3v) is 6.26. The first-order valence-electron chi connectivity index (χ1n) is 10.0. The van der Waals surface area contributed by atoms with Crippen LogP contribution in [0.25, 0.3) is 11.4 Å². The van der Waals surface area contributed by atoms with Crippen LogP contribution in [0.3, 0.4) is 0 Å². The van der Waals surface area contributed by atoms with Gasteiger partial charge in [0, 0.05) is 36.6 Å². The van der Waals surface area contributed by atoms with Gasteiger partial charge in [0.15, 0.2) is 11.0 Å². The van der Waals surface area contributed by atoms with Crippen molar-refractivity contribution in [3.63, 3.8) is 0 Å². The van der Waals surface area contributed by atoms with Crippen LogP contribution < -0.4 is 10.6 Å². The van der Waals surface area contributed by atoms with E-state index >= 15 is 0 Å². The molecule has 8 nitrogen and oxygen atoms in total. The Morgan fingerprint density at radius 3 is 2.71 bits per heavy atom. The van der Waals surface area contributed by atoms with Crippen LogP contribution in [-0.2, 0) is 11.2 Å². The molecule has 1 aliphatic rings. The minimum atomic E-state index is -0.184. The zero-order chi connectivity index (χ0) is 21.8. The molecule has 1 fully saturated rings. The zero-order valence-corrected chi connectivity index (χ0v) is 18.0. The van der Waals surface area contributed by atoms with Crippen LogP contribution in [0.5, 0.6) is 0 Å². The lowest BCUT2D eigenvalue weighted by molar-refractivity contribution is 0.104. The van der Waals surface area contributed by atoms with Gasteiger partial charge in [-0.1, -0.05) is 11.3 Å². The Bertz CT molecular complexity index is 1130. The zero-order valence-electron chi connectivity index (χ0n) is 17.2. The molecule has 3 heterocycles. The van der Waals surface area contributed by atoms with E-state index in [0.717, 1.165) is 23.8 Å². The third kappa shape index (κ3) is 4.46. The van der Waals surface area contributed by atoms with Gasteiger partial charge in [-0.15, -0.1) is 0 Å². The molecule has 3 aromatic rings. The van der Waals surface area contributed by atoms with Gasteiger partial charge < -0.3 is 15.4 Å². The highest BCUT2D eigenvalue weighted by Crippen LogP contribution is 2.31. The third-order valence-electron chi connectivity index (χ3n) is 5.05. The number of anilines is 1. The number of ether oxygens (including phenoxy) is 1. The molecule has 2 N–H and O–H groups in total. The molecule has 0 spiro atoms. The van der Waals surface area contributed by atoms with Crippen molar-refractivity contribution < 1.29 is 9.53 Å². The molecular formula is C22H22N6O2S. The number of ketones is 1. The van der Waals surface area contributed by atoms with E-state index in [0.29, 0.717) is 59.3 Å². The molecule has 0 atom stereocenters. The van der Waals surface area contributed by atoms with Crippen molar-refractivity contribution in [1.29, 1.82) is 5.26 Å². The minimum Gasteiger partial charge on any atom is -0.378 e. The summed E-state index contributed by atoms with van der Waals surface area (Å²) in [4.78, 5) is 29.7. The van der Waals surface area contributed by atoms with Crippen LogP contribution in [0.1, 0.15) is 32.1 Å². The fourth-order valence-corrected chi connectivity index (χ4v) is 4.46. The summed E-state index contributed by atoms with van der Waals surface area (Å²) in [6, 6.07) is 7.10. The average molecular weight is 435 g/mol. The summed E-state index contributed by atoms with van der Waals surface area (Å²) in [6.45, 7) is 5.14. The second-order valence-electron chi connectivity index (χ2n) is 7.17. The van der Waals surface area contributed by atoms with Gasteiger partial charge in [0.25, 0.3) is 0 Å². The number of thiazole rings is 1. The Morgan fingerprint density at radius 1 is 1.29 bits per heavy atom. The van der Waals surface area contributed by atoms with Crippen LogP contribution in [0, 0.1) is 18.3 Å². The molecule has 0 bridgehead atoms. The van der Waals surface area contributed by atoms with E-state index < -0.39 is 0 Å². The lowest BCUT2D eigenvalue weighted by atomic mass is 9.98. The molecule has 0 amide bonds. The number of nitrogens with zero attached hydrogens (tertiary/aromatic N) is 5. The number of carbonyl (C=O) groups excluding carboxylic acids is 1. The van der Waals surface area contributed by atoms with E-state index in [-0.39, 0.29) is 5.78 Å². The Labute approximate surface area is 184 Å². The SMILES string of the molecule is Cc1nc(N2CCOCC2)sc1C(=O)c1cc(C#N)ccc1-c1ncc(CCN)cn1. The summed E-state index contributed by atoms with van der Waals surface area (Å²) in [6.07, 6.45) is 4.12. The van der Waals surface area contributed by atoms with E-state index in [1.807, 2.05) is 6.92 Å². The van der Waals surface area contributed by atoms with E-state index in [2.05, 4.69) is 25.9 Å². The van der Waals surface area contributed by atoms with Gasteiger partial charge in [-0.05, 0) is 43.7 Å². The first-order valence-corrected chi connectivity index (χ1v) is 10.8. The molecule has 1 aliphatic heterocycles. The van der Waals surface area contributed by atoms with Gasteiger partial charge in [0.05, 0.1) is 35.4 Å². The molecule has 0 aliphatic carbocycles. The summed E-state index contributed by atoms with van der Waals surface area (Å²) in [7, 11) is 0. The van der Waals surface area contributed by atoms with Crippen LogP contribution in [0.4, 0.5) is 5.13 Å². The summed E-state index contributed by atoms with van der Waals surface area (Å²) in [5, 5.41) is 10.2. The van der Waals surface area contributed by atoms with Gasteiger partial charge in [-0.2, -0.15) is 5.26 Å². The number of nitrogens with two attached hydrogens (primary N) is 1. The lowest BCUT2D eigenvalue weighted by Crippen LogP contribution is -2.36. The molecule has 1 aromatic carbocycles. The van der Waals surface area contributed by atoms with Crippen molar-refractivity contribution in [2.45, 2.75) is 13.3 Å². The molecule has 1 saturated heterocycles. The molecule has 4 rings (SSSR count). The Balaban J connectivity index is 1.72. The van der Waals surface area contributed by atoms with Gasteiger partial charge in [0.2, 0.25) is 5.78 Å². The number of aromatic nitrogens is 3. The summed E-state index contributed by atoms with van der Waals surface area (Å²) in [5.41, 5.74) is 8.58. The highest BCUT2D eigenvalue weighted by Gasteiger charge is 2.24. The standard InChI is InChI=1S/C22H22N6O2S/c1-14-20(31-22(27-14)28-6-8-30-9-7-28)19(29)18-10-15(11-24)2-3-17(18)21-25-12-16(4-5-23)13-26-21/h2-3,10,12-13H,4-9,23H2,1H3. The van der Waals surface area contributed by atoms with Crippen molar-refractivity contribution in [2.24, 2.45) is 5.73 Å². The van der Waals surface area contributed by atoms with E-state index in [1.54, 1.807) is 30.6 Å². The van der Waals surface area contributed by atoms with Gasteiger partial charge in [0.1, 0.15) is 0 Å². The quantitative estimate of drug-likeness (QED) is 0.588. The summed E-state index contributed by atoms with van der Waals surface area (Å²) >= 11 is 1.37. The Hall–Kier alpha value is -3.19. The first-order chi connectivity index (χ1) is 15.1. The van der Waals surface area contributed by atoms with Crippen molar-refractivity contribution >= 4 is 22.3 Å². The van der Waals surface area contributed by atoms with Gasteiger partial charge in [-0.25, -0.2) is 15.0 Å². The molecule has 0 unspecified atom stereocenters. The predicted molar refractivity (Wildman–Crippen MR) is 118 cm³/mol. The maximum absolute atomic E-state index is 13.5. The normalized spacial score (nSPS) is 13.8. The minimum absolute atomic E-state index is 0.184. The van der Waals surface area contributed by atoms with Crippen LogP contribution in [-0.4, -0.2) is 53.6 Å². The number of carbonyl (C=O) groups is 1. The maximum Gasteiger partial charge on any atom is 0.205 e. The summed E-state index contributed by atoms with van der Waals surface area (Å²) in [5.74, 6) is 0.250. The Morgan fingerprint density at radius 2 is 2.03 bits per heavy atom. The second kappa shape index (κ2) is 9.31. The van der Waals surface area contributed by atoms with Gasteiger partial charge in [-0.3, -0.25) is 4.79 Å². The number of rotatable bonds is 6. The number of hydrogen-bond donors (Lipinski definition) is 1. The van der Waals surface area contributed by atoms with Crippen molar-refractivity contribution in [3.05, 3.63) is 57.9 Å². The van der Waals surface area contributed by atoms with Crippen molar-refractivity contribution in [3.8, 4) is 17.5 Å². The topological polar surface area (TPSA) is 118 Å². The molecule has 0 saturated carbocycles. The maximum atomic E-state index is 13.5. The van der Waals surface area contributed by atoms with Gasteiger partial charge >= 0.3 is 0 Å². The highest BCUT2D eigenvalue weighted by atomic mass is 32.1. The smallest absolute Gasteiger partial charge is 0.205 e. The number of benzene rings is 1.